The maximum absolute atomic E-state index is 12.9. The van der Waals surface area contributed by atoms with Gasteiger partial charge in [0.1, 0.15) is 17.1 Å². The molecule has 0 amide bonds. The second kappa shape index (κ2) is 8.26. The highest BCUT2D eigenvalue weighted by atomic mass is 35.5. The van der Waals surface area contributed by atoms with E-state index >= 15 is 0 Å². The van der Waals surface area contributed by atoms with E-state index in [1.807, 2.05) is 24.3 Å². The first-order valence-electron chi connectivity index (χ1n) is 10.5. The predicted octanol–water partition coefficient (Wildman–Crippen LogP) is 6.79. The van der Waals surface area contributed by atoms with Crippen LogP contribution in [0.3, 0.4) is 0 Å². The van der Waals surface area contributed by atoms with Crippen LogP contribution < -0.4 is 9.47 Å². The molecule has 2 heterocycles. The van der Waals surface area contributed by atoms with Crippen LogP contribution in [0.25, 0.3) is 17.0 Å². The molecule has 1 aromatic heterocycles. The summed E-state index contributed by atoms with van der Waals surface area (Å²) in [7, 11) is 0. The summed E-state index contributed by atoms with van der Waals surface area (Å²) < 4.78 is 16.9. The van der Waals surface area contributed by atoms with Gasteiger partial charge in [-0.3, -0.25) is 4.79 Å². The minimum absolute atomic E-state index is 0.0542. The van der Waals surface area contributed by atoms with E-state index in [2.05, 4.69) is 6.92 Å². The van der Waals surface area contributed by atoms with E-state index in [-0.39, 0.29) is 23.1 Å². The first-order chi connectivity index (χ1) is 15.9. The van der Waals surface area contributed by atoms with Gasteiger partial charge in [0.15, 0.2) is 5.76 Å². The Morgan fingerprint density at radius 1 is 1.06 bits per heavy atom. The third kappa shape index (κ3) is 4.03. The van der Waals surface area contributed by atoms with Crippen LogP contribution in [-0.2, 0) is 6.42 Å². The van der Waals surface area contributed by atoms with E-state index in [4.69, 9.17) is 25.5 Å². The number of esters is 1. The van der Waals surface area contributed by atoms with Crippen LogP contribution in [0.2, 0.25) is 5.02 Å². The van der Waals surface area contributed by atoms with Crippen molar-refractivity contribution in [2.75, 3.05) is 0 Å². The highest BCUT2D eigenvalue weighted by Gasteiger charge is 2.30. The molecular weight excluding hydrogens is 440 g/mol. The zero-order valence-corrected chi connectivity index (χ0v) is 18.7. The van der Waals surface area contributed by atoms with Gasteiger partial charge in [-0.15, -0.1) is 0 Å². The topological polar surface area (TPSA) is 65.7 Å². The van der Waals surface area contributed by atoms with Gasteiger partial charge in [-0.25, -0.2) is 4.79 Å². The summed E-state index contributed by atoms with van der Waals surface area (Å²) in [5, 5.41) is 1.25. The summed E-state index contributed by atoms with van der Waals surface area (Å²) in [6, 6.07) is 17.8. The van der Waals surface area contributed by atoms with Crippen LogP contribution in [-0.4, -0.2) is 11.8 Å². The first kappa shape index (κ1) is 21.0. The molecule has 5 rings (SSSR count). The number of carbonyl (C=O) groups excluding carboxylic acids is 2. The zero-order chi connectivity index (χ0) is 23.1. The molecule has 1 aliphatic heterocycles. The largest absolute Gasteiger partial charge is 0.452 e. The van der Waals surface area contributed by atoms with E-state index < -0.39 is 5.97 Å². The van der Waals surface area contributed by atoms with Gasteiger partial charge in [-0.05, 0) is 66.4 Å². The Hall–Kier alpha value is -3.83. The Balaban J connectivity index is 1.39. The second-order valence-corrected chi connectivity index (χ2v) is 8.27. The number of rotatable bonds is 4. The summed E-state index contributed by atoms with van der Waals surface area (Å²) in [4.78, 5) is 25.5. The molecule has 4 aromatic rings. The van der Waals surface area contributed by atoms with Crippen molar-refractivity contribution in [3.05, 3.63) is 99.5 Å². The maximum atomic E-state index is 12.9. The van der Waals surface area contributed by atoms with Gasteiger partial charge in [0.05, 0.1) is 5.56 Å². The molecule has 0 saturated heterocycles. The summed E-state index contributed by atoms with van der Waals surface area (Å²) in [6.07, 6.45) is 2.66. The second-order valence-electron chi connectivity index (χ2n) is 7.83. The monoisotopic (exact) mass is 458 g/mol. The molecule has 5 nitrogen and oxygen atoms in total. The quantitative estimate of drug-likeness (QED) is 0.191. The maximum Gasteiger partial charge on any atom is 0.379 e. The molecule has 0 radical (unpaired) electrons. The fraction of sp³-hybridized carbons (Fsp3) is 0.111. The van der Waals surface area contributed by atoms with Crippen LogP contribution in [0, 0.1) is 6.92 Å². The third-order valence-corrected chi connectivity index (χ3v) is 5.75. The van der Waals surface area contributed by atoms with Crippen LogP contribution in [0.4, 0.5) is 0 Å². The fourth-order valence-corrected chi connectivity index (χ4v) is 3.99. The number of hydrogen-bond acceptors (Lipinski definition) is 5. The van der Waals surface area contributed by atoms with Gasteiger partial charge in [0.2, 0.25) is 11.5 Å². The molecule has 3 aromatic carbocycles. The molecule has 6 heteroatoms. The normalized spacial score (nSPS) is 13.9. The highest BCUT2D eigenvalue weighted by molar-refractivity contribution is 6.31. The smallest absolute Gasteiger partial charge is 0.379 e. The SMILES string of the molecule is CCc1ccc(/C=C2\Oc3cc(OC(=O)c4cc5cc(Cl)ccc5o4)cc(C)c3C2=O)cc1. The minimum atomic E-state index is -0.655. The summed E-state index contributed by atoms with van der Waals surface area (Å²) >= 11 is 5.99. The van der Waals surface area contributed by atoms with Gasteiger partial charge >= 0.3 is 5.97 Å². The molecule has 164 valence electrons. The fourth-order valence-electron chi connectivity index (χ4n) is 3.81. The number of aryl methyl sites for hydroxylation is 2. The average molecular weight is 459 g/mol. The number of fused-ring (bicyclic) bond motifs is 2. The number of carbonyl (C=O) groups is 2. The minimum Gasteiger partial charge on any atom is -0.452 e. The summed E-state index contributed by atoms with van der Waals surface area (Å²) in [5.74, 6) is 0.0482. The number of allylic oxidation sites excluding steroid dienone is 1. The Morgan fingerprint density at radius 2 is 1.85 bits per heavy atom. The van der Waals surface area contributed by atoms with E-state index in [1.54, 1.807) is 49.4 Å². The lowest BCUT2D eigenvalue weighted by Gasteiger charge is -2.06. The van der Waals surface area contributed by atoms with Crippen molar-refractivity contribution in [1.82, 2.24) is 0 Å². The number of ether oxygens (including phenoxy) is 2. The van der Waals surface area contributed by atoms with Gasteiger partial charge in [0, 0.05) is 16.5 Å². The molecule has 0 spiro atoms. The molecule has 33 heavy (non-hydrogen) atoms. The van der Waals surface area contributed by atoms with Crippen LogP contribution in [0.1, 0.15) is 44.5 Å². The molecule has 0 atom stereocenters. The van der Waals surface area contributed by atoms with Crippen molar-refractivity contribution in [3.8, 4) is 11.5 Å². The molecule has 0 unspecified atom stereocenters. The molecule has 0 aliphatic carbocycles. The molecule has 0 fully saturated rings. The Kier molecular flexibility index (Phi) is 5.27. The van der Waals surface area contributed by atoms with Crippen LogP contribution in [0.5, 0.6) is 11.5 Å². The van der Waals surface area contributed by atoms with Crippen molar-refractivity contribution in [3.63, 3.8) is 0 Å². The zero-order valence-electron chi connectivity index (χ0n) is 18.0. The third-order valence-electron chi connectivity index (χ3n) is 5.52. The van der Waals surface area contributed by atoms with Gasteiger partial charge in [0.25, 0.3) is 0 Å². The number of furan rings is 1. The average Bonchev–Trinajstić information content (AvgIpc) is 3.35. The van der Waals surface area contributed by atoms with Crippen molar-refractivity contribution >= 4 is 40.4 Å². The van der Waals surface area contributed by atoms with E-state index in [9.17, 15) is 9.59 Å². The molecule has 0 N–H and O–H groups in total. The summed E-state index contributed by atoms with van der Waals surface area (Å²) in [6.45, 7) is 3.87. The molecule has 0 saturated carbocycles. The lowest BCUT2D eigenvalue weighted by Crippen LogP contribution is -2.07. The number of Topliss-reactive ketones (excluding diaryl/α,β-unsaturated/α-hetero) is 1. The van der Waals surface area contributed by atoms with Crippen molar-refractivity contribution in [2.45, 2.75) is 20.3 Å². The lowest BCUT2D eigenvalue weighted by atomic mass is 10.0. The lowest BCUT2D eigenvalue weighted by molar-refractivity contribution is 0.0703. The number of hydrogen-bond donors (Lipinski definition) is 0. The number of halogens is 1. The Bertz CT molecular complexity index is 1440. The van der Waals surface area contributed by atoms with E-state index in [1.165, 1.54) is 5.56 Å². The predicted molar refractivity (Wildman–Crippen MR) is 126 cm³/mol. The molecule has 1 aliphatic rings. The van der Waals surface area contributed by atoms with Gasteiger partial charge in [-0.2, -0.15) is 0 Å². The van der Waals surface area contributed by atoms with E-state index in [0.717, 1.165) is 12.0 Å². The van der Waals surface area contributed by atoms with Gasteiger partial charge in [-0.1, -0.05) is 42.8 Å². The van der Waals surface area contributed by atoms with Gasteiger partial charge < -0.3 is 13.9 Å². The standard InChI is InChI=1S/C27H19ClO5/c1-3-16-4-6-17(7-5-16)11-23-26(29)25-15(2)10-20(14-22(25)33-23)31-27(30)24-13-18-12-19(28)8-9-21(18)32-24/h4-14H,3H2,1-2H3/b23-11-. The molecule has 0 bridgehead atoms. The van der Waals surface area contributed by atoms with E-state index in [0.29, 0.717) is 32.9 Å². The highest BCUT2D eigenvalue weighted by Crippen LogP contribution is 2.38. The summed E-state index contributed by atoms with van der Waals surface area (Å²) in [5.41, 5.74) is 3.74. The number of benzene rings is 3. The van der Waals surface area contributed by atoms with Crippen LogP contribution in [0.15, 0.2) is 70.8 Å². The Labute approximate surface area is 195 Å². The number of ketones is 1. The Morgan fingerprint density at radius 3 is 2.61 bits per heavy atom. The molecular formula is C27H19ClO5. The first-order valence-corrected chi connectivity index (χ1v) is 10.9. The van der Waals surface area contributed by atoms with Crippen LogP contribution >= 0.6 is 11.6 Å². The van der Waals surface area contributed by atoms with Crippen molar-refractivity contribution in [2.24, 2.45) is 0 Å². The van der Waals surface area contributed by atoms with Crippen molar-refractivity contribution in [1.29, 1.82) is 0 Å². The van der Waals surface area contributed by atoms with Crippen molar-refractivity contribution < 1.29 is 23.5 Å².